The molecule has 0 saturated carbocycles. The smallest absolute Gasteiger partial charge is 0.315 e. The number of nitro benzene ring substituents is 1. The van der Waals surface area contributed by atoms with Crippen LogP contribution in [-0.4, -0.2) is 16.0 Å². The number of carboxylic acid groups (broad SMARTS) is 1. The van der Waals surface area contributed by atoms with Crippen molar-refractivity contribution in [2.45, 2.75) is 13.3 Å². The number of nitrogens with two attached hydrogens (primary N) is 1. The highest BCUT2D eigenvalue weighted by Crippen LogP contribution is 2.26. The van der Waals surface area contributed by atoms with Gasteiger partial charge in [-0.3, -0.25) is 14.9 Å². The van der Waals surface area contributed by atoms with Crippen molar-refractivity contribution in [3.8, 4) is 11.8 Å². The highest BCUT2D eigenvalue weighted by molar-refractivity contribution is 5.72. The summed E-state index contributed by atoms with van der Waals surface area (Å²) < 4.78 is 0. The van der Waals surface area contributed by atoms with Crippen LogP contribution in [0, 0.1) is 28.9 Å². The topological polar surface area (TPSA) is 106 Å². The number of hydrogen-bond donors (Lipinski definition) is 2. The molecule has 88 valence electrons. The summed E-state index contributed by atoms with van der Waals surface area (Å²) in [6.45, 7) is 1.68. The van der Waals surface area contributed by atoms with Crippen LogP contribution in [0.2, 0.25) is 0 Å². The van der Waals surface area contributed by atoms with E-state index in [1.165, 1.54) is 6.07 Å². The number of aliphatic carboxylic acids is 1. The molecule has 0 bridgehead atoms. The minimum absolute atomic E-state index is 0.0431. The molecule has 0 unspecified atom stereocenters. The minimum Gasteiger partial charge on any atom is -0.481 e. The number of nitrogen functional groups attached to an aromatic ring is 1. The van der Waals surface area contributed by atoms with Crippen molar-refractivity contribution in [3.63, 3.8) is 0 Å². The summed E-state index contributed by atoms with van der Waals surface area (Å²) in [6, 6.07) is 2.93. The second-order valence-electron chi connectivity index (χ2n) is 3.37. The third kappa shape index (κ3) is 3.21. The zero-order valence-electron chi connectivity index (χ0n) is 9.06. The lowest BCUT2D eigenvalue weighted by molar-refractivity contribution is -0.384. The molecule has 0 aromatic heterocycles. The number of anilines is 1. The Labute approximate surface area is 97.2 Å². The average molecular weight is 234 g/mol. The summed E-state index contributed by atoms with van der Waals surface area (Å²) in [5.41, 5.74) is 6.24. The van der Waals surface area contributed by atoms with Crippen LogP contribution in [0.1, 0.15) is 17.5 Å². The molecule has 0 saturated heterocycles. The highest BCUT2D eigenvalue weighted by Gasteiger charge is 2.14. The van der Waals surface area contributed by atoms with Gasteiger partial charge in [0.25, 0.3) is 5.69 Å². The Balaban J connectivity index is 3.19. The van der Waals surface area contributed by atoms with Crippen molar-refractivity contribution < 1.29 is 14.8 Å². The zero-order valence-corrected chi connectivity index (χ0v) is 9.06. The van der Waals surface area contributed by atoms with E-state index in [4.69, 9.17) is 10.8 Å². The van der Waals surface area contributed by atoms with Crippen LogP contribution in [0.5, 0.6) is 0 Å². The highest BCUT2D eigenvalue weighted by atomic mass is 16.6. The van der Waals surface area contributed by atoms with E-state index in [0.717, 1.165) is 0 Å². The lowest BCUT2D eigenvalue weighted by Crippen LogP contribution is -1.99. The van der Waals surface area contributed by atoms with E-state index in [9.17, 15) is 14.9 Å². The monoisotopic (exact) mass is 234 g/mol. The van der Waals surface area contributed by atoms with E-state index in [-0.39, 0.29) is 23.4 Å². The maximum absolute atomic E-state index is 10.7. The largest absolute Gasteiger partial charge is 0.481 e. The number of carbonyl (C=O) groups is 1. The van der Waals surface area contributed by atoms with Gasteiger partial charge in [-0.1, -0.05) is 11.8 Å². The number of rotatable bonds is 2. The fourth-order valence-corrected chi connectivity index (χ4v) is 1.25. The van der Waals surface area contributed by atoms with Crippen LogP contribution in [0.4, 0.5) is 11.4 Å². The predicted molar refractivity (Wildman–Crippen MR) is 61.4 cm³/mol. The Morgan fingerprint density at radius 3 is 2.76 bits per heavy atom. The Hall–Kier alpha value is -2.55. The Morgan fingerprint density at radius 1 is 1.59 bits per heavy atom. The lowest BCUT2D eigenvalue weighted by atomic mass is 10.1. The number of nitro groups is 1. The third-order valence-corrected chi connectivity index (χ3v) is 1.96. The zero-order chi connectivity index (χ0) is 13.0. The van der Waals surface area contributed by atoms with Gasteiger partial charge in [0.1, 0.15) is 12.1 Å². The molecular formula is C11H10N2O4. The number of hydrogen-bond acceptors (Lipinski definition) is 4. The first-order valence-electron chi connectivity index (χ1n) is 4.67. The predicted octanol–water partition coefficient (Wildman–Crippen LogP) is 1.31. The first kappa shape index (κ1) is 12.5. The second kappa shape index (κ2) is 4.99. The number of carboxylic acids is 1. The van der Waals surface area contributed by atoms with E-state index in [1.807, 2.05) is 0 Å². The molecule has 1 rings (SSSR count). The summed E-state index contributed by atoms with van der Waals surface area (Å²) in [4.78, 5) is 20.4. The summed E-state index contributed by atoms with van der Waals surface area (Å²) in [6.07, 6.45) is -0.332. The van der Waals surface area contributed by atoms with Gasteiger partial charge < -0.3 is 10.8 Å². The number of nitrogens with zero attached hydrogens (tertiary/aromatic N) is 1. The number of aryl methyl sites for hydroxylation is 1. The minimum atomic E-state index is -1.06. The molecule has 0 aliphatic carbocycles. The Bertz CT molecular complexity index is 540. The molecule has 0 aliphatic rings. The van der Waals surface area contributed by atoms with E-state index < -0.39 is 10.9 Å². The van der Waals surface area contributed by atoms with Gasteiger partial charge in [0, 0.05) is 6.07 Å². The fourth-order valence-electron chi connectivity index (χ4n) is 1.25. The van der Waals surface area contributed by atoms with E-state index in [0.29, 0.717) is 5.56 Å². The second-order valence-corrected chi connectivity index (χ2v) is 3.37. The first-order valence-corrected chi connectivity index (χ1v) is 4.67. The molecule has 0 fully saturated rings. The van der Waals surface area contributed by atoms with Crippen molar-refractivity contribution in [2.24, 2.45) is 0 Å². The van der Waals surface area contributed by atoms with Crippen LogP contribution in [0.25, 0.3) is 0 Å². The van der Waals surface area contributed by atoms with Crippen LogP contribution < -0.4 is 5.73 Å². The molecule has 17 heavy (non-hydrogen) atoms. The maximum atomic E-state index is 10.7. The molecule has 6 heteroatoms. The van der Waals surface area contributed by atoms with Gasteiger partial charge >= 0.3 is 5.97 Å². The molecule has 1 aromatic carbocycles. The van der Waals surface area contributed by atoms with Gasteiger partial charge in [0.2, 0.25) is 0 Å². The molecule has 0 amide bonds. The third-order valence-electron chi connectivity index (χ3n) is 1.96. The SMILES string of the molecule is Cc1cc(C#CCC(=O)O)c(N)c([N+](=O)[O-])c1. The maximum Gasteiger partial charge on any atom is 0.315 e. The fraction of sp³-hybridized carbons (Fsp3) is 0.182. The molecule has 6 nitrogen and oxygen atoms in total. The average Bonchev–Trinajstić information content (AvgIpc) is 2.21. The normalized spacial score (nSPS) is 9.24. The molecular weight excluding hydrogens is 224 g/mol. The van der Waals surface area contributed by atoms with Crippen molar-refractivity contribution in [2.75, 3.05) is 5.73 Å². The van der Waals surface area contributed by atoms with Crippen molar-refractivity contribution in [1.29, 1.82) is 0 Å². The van der Waals surface area contributed by atoms with Crippen molar-refractivity contribution >= 4 is 17.3 Å². The number of benzene rings is 1. The van der Waals surface area contributed by atoms with E-state index in [2.05, 4.69) is 11.8 Å². The summed E-state index contributed by atoms with van der Waals surface area (Å²) in [5.74, 6) is 3.85. The van der Waals surface area contributed by atoms with Crippen molar-refractivity contribution in [3.05, 3.63) is 33.4 Å². The molecule has 0 atom stereocenters. The van der Waals surface area contributed by atoms with Gasteiger partial charge in [0.05, 0.1) is 10.5 Å². The van der Waals surface area contributed by atoms with Crippen LogP contribution in [0.15, 0.2) is 12.1 Å². The molecule has 3 N–H and O–H groups in total. The van der Waals surface area contributed by atoms with Gasteiger partial charge in [-0.25, -0.2) is 0 Å². The van der Waals surface area contributed by atoms with E-state index >= 15 is 0 Å². The Kier molecular flexibility index (Phi) is 3.67. The summed E-state index contributed by atoms with van der Waals surface area (Å²) in [5, 5.41) is 19.1. The Morgan fingerprint density at radius 2 is 2.24 bits per heavy atom. The van der Waals surface area contributed by atoms with E-state index in [1.54, 1.807) is 13.0 Å². The lowest BCUT2D eigenvalue weighted by Gasteiger charge is -2.01. The van der Waals surface area contributed by atoms with Crippen LogP contribution >= 0.6 is 0 Å². The van der Waals surface area contributed by atoms with Crippen LogP contribution in [-0.2, 0) is 4.79 Å². The van der Waals surface area contributed by atoms with Gasteiger partial charge in [0.15, 0.2) is 0 Å². The van der Waals surface area contributed by atoms with Gasteiger partial charge in [-0.2, -0.15) is 0 Å². The molecule has 1 aromatic rings. The molecule has 0 spiro atoms. The van der Waals surface area contributed by atoms with Crippen molar-refractivity contribution in [1.82, 2.24) is 0 Å². The standard InChI is InChI=1S/C11H10N2O4/c1-7-5-8(3-2-4-10(14)15)11(12)9(6-7)13(16)17/h5-6H,4,12H2,1H3,(H,14,15). The van der Waals surface area contributed by atoms with Gasteiger partial charge in [-0.15, -0.1) is 0 Å². The van der Waals surface area contributed by atoms with Gasteiger partial charge in [-0.05, 0) is 18.6 Å². The molecule has 0 radical (unpaired) electrons. The summed E-state index contributed by atoms with van der Waals surface area (Å²) >= 11 is 0. The summed E-state index contributed by atoms with van der Waals surface area (Å²) in [7, 11) is 0. The van der Waals surface area contributed by atoms with Crippen LogP contribution in [0.3, 0.4) is 0 Å². The molecule has 0 aliphatic heterocycles. The first-order chi connectivity index (χ1) is 7.91. The quantitative estimate of drug-likeness (QED) is 0.347. The molecule has 0 heterocycles.